The van der Waals surface area contributed by atoms with Gasteiger partial charge in [0, 0.05) is 30.8 Å². The molecule has 0 radical (unpaired) electrons. The molecular formula is C13H23Cl2N3O2S. The van der Waals surface area contributed by atoms with Crippen LogP contribution in [0.3, 0.4) is 0 Å². The van der Waals surface area contributed by atoms with Gasteiger partial charge in [-0.25, -0.2) is 4.98 Å². The molecule has 0 atom stereocenters. The molecule has 0 unspecified atom stereocenters. The molecule has 0 spiro atoms. The van der Waals surface area contributed by atoms with Gasteiger partial charge in [-0.05, 0) is 19.3 Å². The number of nitrogens with zero attached hydrogens (tertiary/aromatic N) is 1. The third-order valence-electron chi connectivity index (χ3n) is 3.67. The third kappa shape index (κ3) is 5.07. The Balaban J connectivity index is 0.00000200. The fourth-order valence-electron chi connectivity index (χ4n) is 2.22. The monoisotopic (exact) mass is 355 g/mol. The highest BCUT2D eigenvalue weighted by atomic mass is 35.5. The summed E-state index contributed by atoms with van der Waals surface area (Å²) in [5.74, 6) is 0.0338. The molecule has 2 rings (SSSR count). The molecule has 1 aromatic heterocycles. The zero-order valence-corrected chi connectivity index (χ0v) is 14.5. The van der Waals surface area contributed by atoms with Crippen LogP contribution in [0.4, 0.5) is 0 Å². The summed E-state index contributed by atoms with van der Waals surface area (Å²) in [5.41, 5.74) is 5.35. The van der Waals surface area contributed by atoms with E-state index >= 15 is 0 Å². The Hall–Kier alpha value is -0.400. The molecule has 0 aromatic carbocycles. The maximum atomic E-state index is 12.3. The minimum Gasteiger partial charge on any atom is -0.381 e. The lowest BCUT2D eigenvalue weighted by Gasteiger charge is -2.34. The van der Waals surface area contributed by atoms with Crippen LogP contribution in [0.25, 0.3) is 0 Å². The van der Waals surface area contributed by atoms with E-state index in [1.54, 1.807) is 11.3 Å². The second-order valence-electron chi connectivity index (χ2n) is 4.85. The lowest BCUT2D eigenvalue weighted by Crippen LogP contribution is -2.48. The average molecular weight is 356 g/mol. The van der Waals surface area contributed by atoms with Gasteiger partial charge in [0.05, 0.1) is 12.0 Å². The van der Waals surface area contributed by atoms with E-state index in [1.165, 1.54) is 4.88 Å². The third-order valence-corrected chi connectivity index (χ3v) is 4.81. The van der Waals surface area contributed by atoms with E-state index in [0.29, 0.717) is 39.1 Å². The normalized spacial score (nSPS) is 16.5. The van der Waals surface area contributed by atoms with E-state index in [0.717, 1.165) is 11.4 Å². The predicted molar refractivity (Wildman–Crippen MR) is 89.4 cm³/mol. The van der Waals surface area contributed by atoms with Crippen LogP contribution in [0.5, 0.6) is 0 Å². The van der Waals surface area contributed by atoms with Crippen LogP contribution >= 0.6 is 36.2 Å². The zero-order chi connectivity index (χ0) is 13.7. The van der Waals surface area contributed by atoms with Crippen molar-refractivity contribution in [1.29, 1.82) is 0 Å². The number of hydrogen-bond donors (Lipinski definition) is 2. The molecule has 5 nitrogen and oxygen atoms in total. The van der Waals surface area contributed by atoms with Gasteiger partial charge in [-0.15, -0.1) is 36.2 Å². The molecule has 21 heavy (non-hydrogen) atoms. The topological polar surface area (TPSA) is 77.2 Å². The van der Waals surface area contributed by atoms with E-state index in [2.05, 4.69) is 17.2 Å². The second kappa shape index (κ2) is 9.58. The van der Waals surface area contributed by atoms with Gasteiger partial charge in [-0.2, -0.15) is 0 Å². The van der Waals surface area contributed by atoms with Gasteiger partial charge < -0.3 is 15.8 Å². The number of amides is 1. The van der Waals surface area contributed by atoms with Gasteiger partial charge in [0.1, 0.15) is 5.01 Å². The summed E-state index contributed by atoms with van der Waals surface area (Å²) in [5, 5.41) is 3.92. The molecule has 3 N–H and O–H groups in total. The first-order valence-electron chi connectivity index (χ1n) is 6.70. The first-order valence-corrected chi connectivity index (χ1v) is 7.51. The zero-order valence-electron chi connectivity index (χ0n) is 12.1. The van der Waals surface area contributed by atoms with Gasteiger partial charge in [-0.1, -0.05) is 6.92 Å². The lowest BCUT2D eigenvalue weighted by molar-refractivity contribution is -0.136. The van der Waals surface area contributed by atoms with Crippen molar-refractivity contribution in [2.24, 2.45) is 11.1 Å². The van der Waals surface area contributed by atoms with Crippen molar-refractivity contribution in [1.82, 2.24) is 10.3 Å². The van der Waals surface area contributed by atoms with Crippen LogP contribution in [-0.2, 0) is 22.5 Å². The number of carbonyl (C=O) groups excluding carboxylic acids is 1. The van der Waals surface area contributed by atoms with Crippen molar-refractivity contribution >= 4 is 42.1 Å². The summed E-state index contributed by atoms with van der Waals surface area (Å²) >= 11 is 1.65. The molecular weight excluding hydrogens is 333 g/mol. The SMILES string of the molecule is CCc1cnc(CNC(=O)C2(CN)CCOCC2)s1.Cl.Cl. The standard InChI is InChI=1S/C13H21N3O2S.2ClH/c1-2-10-7-15-11(19-10)8-16-12(17)13(9-14)3-5-18-6-4-13;;/h7H,2-6,8-9,14H2,1H3,(H,16,17);2*1H. The maximum Gasteiger partial charge on any atom is 0.228 e. The Morgan fingerprint density at radius 2 is 2.14 bits per heavy atom. The van der Waals surface area contributed by atoms with Crippen LogP contribution in [-0.4, -0.2) is 30.6 Å². The molecule has 0 aliphatic carbocycles. The summed E-state index contributed by atoms with van der Waals surface area (Å²) in [7, 11) is 0. The van der Waals surface area contributed by atoms with Crippen LogP contribution in [0, 0.1) is 5.41 Å². The molecule has 0 bridgehead atoms. The number of carbonyl (C=O) groups is 1. The van der Waals surface area contributed by atoms with Gasteiger partial charge in [0.25, 0.3) is 0 Å². The number of nitrogens with two attached hydrogens (primary N) is 1. The Morgan fingerprint density at radius 3 is 2.67 bits per heavy atom. The summed E-state index contributed by atoms with van der Waals surface area (Å²) < 4.78 is 5.31. The molecule has 0 saturated carbocycles. The smallest absolute Gasteiger partial charge is 0.228 e. The highest BCUT2D eigenvalue weighted by Gasteiger charge is 2.38. The number of ether oxygens (including phenoxy) is 1. The van der Waals surface area contributed by atoms with E-state index in [9.17, 15) is 4.79 Å². The van der Waals surface area contributed by atoms with E-state index in [-0.39, 0.29) is 30.7 Å². The minimum absolute atomic E-state index is 0. The fourth-order valence-corrected chi connectivity index (χ4v) is 3.02. The van der Waals surface area contributed by atoms with Gasteiger partial charge >= 0.3 is 0 Å². The number of rotatable bonds is 5. The number of aromatic nitrogens is 1. The number of thiazole rings is 1. The van der Waals surface area contributed by atoms with Gasteiger partial charge in [0.15, 0.2) is 0 Å². The molecule has 1 aromatic rings. The van der Waals surface area contributed by atoms with E-state index in [4.69, 9.17) is 10.5 Å². The van der Waals surface area contributed by atoms with Crippen LogP contribution in [0.1, 0.15) is 29.7 Å². The van der Waals surface area contributed by atoms with E-state index < -0.39 is 5.41 Å². The number of nitrogens with one attached hydrogen (secondary N) is 1. The summed E-state index contributed by atoms with van der Waals surface area (Å²) in [6.07, 6.45) is 4.26. The van der Waals surface area contributed by atoms with Gasteiger partial charge in [0.2, 0.25) is 5.91 Å². The lowest BCUT2D eigenvalue weighted by atomic mass is 9.79. The Morgan fingerprint density at radius 1 is 1.48 bits per heavy atom. The molecule has 122 valence electrons. The number of aryl methyl sites for hydroxylation is 1. The summed E-state index contributed by atoms with van der Waals surface area (Å²) in [6.45, 7) is 4.19. The second-order valence-corrected chi connectivity index (χ2v) is 6.05. The molecule has 1 aliphatic rings. The first-order chi connectivity index (χ1) is 9.20. The van der Waals surface area contributed by atoms with Crippen LogP contribution < -0.4 is 11.1 Å². The van der Waals surface area contributed by atoms with Crippen molar-refractivity contribution < 1.29 is 9.53 Å². The number of halogens is 2. The fraction of sp³-hybridized carbons (Fsp3) is 0.692. The molecule has 8 heteroatoms. The molecule has 1 saturated heterocycles. The van der Waals surface area contributed by atoms with E-state index in [1.807, 2.05) is 6.20 Å². The predicted octanol–water partition coefficient (Wildman–Crippen LogP) is 1.92. The Labute approximate surface area is 141 Å². The molecule has 1 amide bonds. The molecule has 1 aliphatic heterocycles. The van der Waals surface area contributed by atoms with Crippen molar-refractivity contribution in [3.63, 3.8) is 0 Å². The van der Waals surface area contributed by atoms with Crippen molar-refractivity contribution in [3.05, 3.63) is 16.1 Å². The van der Waals surface area contributed by atoms with Crippen molar-refractivity contribution in [2.75, 3.05) is 19.8 Å². The highest BCUT2D eigenvalue weighted by Crippen LogP contribution is 2.29. The Bertz CT molecular complexity index is 437. The largest absolute Gasteiger partial charge is 0.381 e. The summed E-state index contributed by atoms with van der Waals surface area (Å²) in [4.78, 5) is 17.9. The quantitative estimate of drug-likeness (QED) is 0.845. The van der Waals surface area contributed by atoms with Crippen molar-refractivity contribution in [3.8, 4) is 0 Å². The molecule has 2 heterocycles. The highest BCUT2D eigenvalue weighted by molar-refractivity contribution is 7.11. The average Bonchev–Trinajstić information content (AvgIpc) is 2.93. The Kier molecular flexibility index (Phi) is 9.40. The maximum absolute atomic E-state index is 12.3. The van der Waals surface area contributed by atoms with Crippen LogP contribution in [0.15, 0.2) is 6.20 Å². The first kappa shape index (κ1) is 20.6. The van der Waals surface area contributed by atoms with Crippen molar-refractivity contribution in [2.45, 2.75) is 32.7 Å². The number of hydrogen-bond acceptors (Lipinski definition) is 5. The molecule has 1 fully saturated rings. The summed E-state index contributed by atoms with van der Waals surface area (Å²) in [6, 6.07) is 0. The van der Waals surface area contributed by atoms with Crippen LogP contribution in [0.2, 0.25) is 0 Å². The van der Waals surface area contributed by atoms with Gasteiger partial charge in [-0.3, -0.25) is 4.79 Å². The minimum atomic E-state index is -0.455.